The molecule has 0 aliphatic carbocycles. The molecule has 1 aromatic carbocycles. The Morgan fingerprint density at radius 2 is 2.13 bits per heavy atom. The van der Waals surface area contributed by atoms with E-state index in [1.807, 2.05) is 38.1 Å². The number of nitrogens with zero attached hydrogens (tertiary/aromatic N) is 2. The fraction of sp³-hybridized carbons (Fsp3) is 0.375. The Morgan fingerprint density at radius 1 is 1.35 bits per heavy atom. The van der Waals surface area contributed by atoms with Crippen LogP contribution in [0.1, 0.15) is 28.0 Å². The SMILES string of the molecule is Cc1cccc(-n2ncc(C(=O)N[C@@H]3CCS(=O)(=O)C3)c2C)c1. The molecule has 0 spiro atoms. The predicted octanol–water partition coefficient (Wildman–Crippen LogP) is 1.41. The van der Waals surface area contributed by atoms with Crippen molar-refractivity contribution in [2.45, 2.75) is 26.3 Å². The molecular weight excluding hydrogens is 314 g/mol. The Hall–Kier alpha value is -2.15. The van der Waals surface area contributed by atoms with Crippen LogP contribution in [0, 0.1) is 13.8 Å². The van der Waals surface area contributed by atoms with Crippen molar-refractivity contribution < 1.29 is 13.2 Å². The summed E-state index contributed by atoms with van der Waals surface area (Å²) < 4.78 is 24.7. The first-order chi connectivity index (χ1) is 10.9. The van der Waals surface area contributed by atoms with E-state index in [0.29, 0.717) is 12.0 Å². The highest BCUT2D eigenvalue weighted by atomic mass is 32.2. The zero-order valence-electron chi connectivity index (χ0n) is 13.1. The zero-order chi connectivity index (χ0) is 16.6. The van der Waals surface area contributed by atoms with Gasteiger partial charge in [0.05, 0.1) is 34.6 Å². The van der Waals surface area contributed by atoms with E-state index >= 15 is 0 Å². The van der Waals surface area contributed by atoms with Gasteiger partial charge in [0.2, 0.25) is 0 Å². The molecule has 2 heterocycles. The van der Waals surface area contributed by atoms with Gasteiger partial charge in [0, 0.05) is 6.04 Å². The minimum atomic E-state index is -3.01. The first kappa shape index (κ1) is 15.7. The van der Waals surface area contributed by atoms with Gasteiger partial charge < -0.3 is 5.32 Å². The van der Waals surface area contributed by atoms with Crippen LogP contribution in [0.5, 0.6) is 0 Å². The molecule has 1 N–H and O–H groups in total. The van der Waals surface area contributed by atoms with Gasteiger partial charge in [0.25, 0.3) is 5.91 Å². The van der Waals surface area contributed by atoms with E-state index in [9.17, 15) is 13.2 Å². The van der Waals surface area contributed by atoms with E-state index in [0.717, 1.165) is 16.9 Å². The summed E-state index contributed by atoms with van der Waals surface area (Å²) in [5, 5.41) is 7.09. The van der Waals surface area contributed by atoms with Crippen LogP contribution in [-0.4, -0.2) is 41.7 Å². The normalized spacial score (nSPS) is 19.7. The lowest BCUT2D eigenvalue weighted by molar-refractivity contribution is 0.0940. The van der Waals surface area contributed by atoms with Crippen molar-refractivity contribution in [1.82, 2.24) is 15.1 Å². The first-order valence-electron chi connectivity index (χ1n) is 7.49. The molecule has 0 unspecified atom stereocenters. The first-order valence-corrected chi connectivity index (χ1v) is 9.31. The number of amides is 1. The van der Waals surface area contributed by atoms with Gasteiger partial charge in [-0.05, 0) is 38.0 Å². The maximum absolute atomic E-state index is 12.4. The number of carbonyl (C=O) groups is 1. The quantitative estimate of drug-likeness (QED) is 0.921. The number of hydrogen-bond donors (Lipinski definition) is 1. The summed E-state index contributed by atoms with van der Waals surface area (Å²) in [6.45, 7) is 3.83. The van der Waals surface area contributed by atoms with Crippen molar-refractivity contribution in [3.8, 4) is 5.69 Å². The molecule has 0 bridgehead atoms. The number of aryl methyl sites for hydroxylation is 1. The second-order valence-corrected chi connectivity index (χ2v) is 8.20. The minimum absolute atomic E-state index is 0.0177. The molecule has 0 saturated carbocycles. The molecule has 3 rings (SSSR count). The van der Waals surface area contributed by atoms with Crippen LogP contribution in [0.2, 0.25) is 0 Å². The van der Waals surface area contributed by atoms with Crippen LogP contribution in [0.3, 0.4) is 0 Å². The third-order valence-corrected chi connectivity index (χ3v) is 5.84. The highest BCUT2D eigenvalue weighted by Crippen LogP contribution is 2.17. The van der Waals surface area contributed by atoms with Crippen LogP contribution in [0.4, 0.5) is 0 Å². The highest BCUT2D eigenvalue weighted by Gasteiger charge is 2.29. The second kappa shape index (κ2) is 5.81. The smallest absolute Gasteiger partial charge is 0.255 e. The molecule has 1 aliphatic rings. The monoisotopic (exact) mass is 333 g/mol. The predicted molar refractivity (Wildman–Crippen MR) is 87.6 cm³/mol. The van der Waals surface area contributed by atoms with Crippen LogP contribution < -0.4 is 5.32 Å². The molecule has 1 amide bonds. The largest absolute Gasteiger partial charge is 0.348 e. The Labute approximate surface area is 135 Å². The van der Waals surface area contributed by atoms with Gasteiger partial charge in [-0.2, -0.15) is 5.10 Å². The maximum atomic E-state index is 12.4. The lowest BCUT2D eigenvalue weighted by Crippen LogP contribution is -2.35. The average molecular weight is 333 g/mol. The summed E-state index contributed by atoms with van der Waals surface area (Å²) in [6.07, 6.45) is 2.00. The van der Waals surface area contributed by atoms with Crippen molar-refractivity contribution in [3.05, 3.63) is 47.3 Å². The lowest BCUT2D eigenvalue weighted by atomic mass is 10.2. The minimum Gasteiger partial charge on any atom is -0.348 e. The fourth-order valence-electron chi connectivity index (χ4n) is 2.82. The van der Waals surface area contributed by atoms with Gasteiger partial charge in [0.1, 0.15) is 0 Å². The zero-order valence-corrected chi connectivity index (χ0v) is 13.9. The number of sulfone groups is 1. The van der Waals surface area contributed by atoms with Gasteiger partial charge in [-0.3, -0.25) is 4.79 Å². The van der Waals surface area contributed by atoms with E-state index < -0.39 is 9.84 Å². The van der Waals surface area contributed by atoms with Gasteiger partial charge in [-0.15, -0.1) is 0 Å². The van der Waals surface area contributed by atoms with Crippen LogP contribution in [0.25, 0.3) is 5.69 Å². The third-order valence-electron chi connectivity index (χ3n) is 4.07. The van der Waals surface area contributed by atoms with Gasteiger partial charge in [0.15, 0.2) is 9.84 Å². The molecule has 7 heteroatoms. The second-order valence-electron chi connectivity index (χ2n) is 5.97. The van der Waals surface area contributed by atoms with Crippen LogP contribution in [0.15, 0.2) is 30.5 Å². The topological polar surface area (TPSA) is 81.1 Å². The maximum Gasteiger partial charge on any atom is 0.255 e. The highest BCUT2D eigenvalue weighted by molar-refractivity contribution is 7.91. The summed E-state index contributed by atoms with van der Waals surface area (Å²) in [7, 11) is -3.01. The van der Waals surface area contributed by atoms with E-state index in [1.165, 1.54) is 6.20 Å². The van der Waals surface area contributed by atoms with E-state index in [4.69, 9.17) is 0 Å². The number of benzene rings is 1. The van der Waals surface area contributed by atoms with Crippen LogP contribution >= 0.6 is 0 Å². The molecule has 1 saturated heterocycles. The van der Waals surface area contributed by atoms with Crippen molar-refractivity contribution in [2.75, 3.05) is 11.5 Å². The summed E-state index contributed by atoms with van der Waals surface area (Å²) in [4.78, 5) is 12.4. The molecule has 1 aromatic heterocycles. The molecule has 1 fully saturated rings. The van der Waals surface area contributed by atoms with E-state index in [2.05, 4.69) is 10.4 Å². The summed E-state index contributed by atoms with van der Waals surface area (Å²) in [5.41, 5.74) is 3.20. The Kier molecular flexibility index (Phi) is 3.97. The number of hydrogen-bond acceptors (Lipinski definition) is 4. The molecule has 23 heavy (non-hydrogen) atoms. The van der Waals surface area contributed by atoms with Gasteiger partial charge in [-0.25, -0.2) is 13.1 Å². The molecule has 6 nitrogen and oxygen atoms in total. The Balaban J connectivity index is 1.80. The number of rotatable bonds is 3. The fourth-order valence-corrected chi connectivity index (χ4v) is 4.50. The molecule has 0 radical (unpaired) electrons. The molecule has 1 atom stereocenters. The Bertz CT molecular complexity index is 855. The lowest BCUT2D eigenvalue weighted by Gasteiger charge is -2.11. The van der Waals surface area contributed by atoms with Crippen molar-refractivity contribution in [3.63, 3.8) is 0 Å². The number of aromatic nitrogens is 2. The summed E-state index contributed by atoms with van der Waals surface area (Å²) in [6, 6.07) is 7.55. The standard InChI is InChI=1S/C16H19N3O3S/c1-11-4-3-5-14(8-11)19-12(2)15(9-17-19)16(20)18-13-6-7-23(21,22)10-13/h3-5,8-9,13H,6-7,10H2,1-2H3,(H,18,20)/t13-/m1/s1. The Morgan fingerprint density at radius 3 is 2.78 bits per heavy atom. The van der Waals surface area contributed by atoms with Crippen molar-refractivity contribution >= 4 is 15.7 Å². The average Bonchev–Trinajstić information content (AvgIpc) is 3.01. The molecular formula is C16H19N3O3S. The number of carbonyl (C=O) groups excluding carboxylic acids is 1. The van der Waals surface area contributed by atoms with Crippen molar-refractivity contribution in [1.29, 1.82) is 0 Å². The molecule has 2 aromatic rings. The van der Waals surface area contributed by atoms with E-state index in [-0.39, 0.29) is 23.5 Å². The van der Waals surface area contributed by atoms with Crippen molar-refractivity contribution in [2.24, 2.45) is 0 Å². The summed E-state index contributed by atoms with van der Waals surface area (Å²) in [5.74, 6) is -0.118. The van der Waals surface area contributed by atoms with Crippen LogP contribution in [-0.2, 0) is 9.84 Å². The van der Waals surface area contributed by atoms with Gasteiger partial charge >= 0.3 is 0 Å². The van der Waals surface area contributed by atoms with Gasteiger partial charge in [-0.1, -0.05) is 12.1 Å². The summed E-state index contributed by atoms with van der Waals surface area (Å²) >= 11 is 0. The molecule has 122 valence electrons. The molecule has 1 aliphatic heterocycles. The van der Waals surface area contributed by atoms with E-state index in [1.54, 1.807) is 4.68 Å². The third kappa shape index (κ3) is 3.29. The number of nitrogens with one attached hydrogen (secondary N) is 1.